The molecule has 0 atom stereocenters. The summed E-state index contributed by atoms with van der Waals surface area (Å²) in [5, 5.41) is 5.56. The second-order valence-corrected chi connectivity index (χ2v) is 5.62. The van der Waals surface area contributed by atoms with Crippen LogP contribution in [0.3, 0.4) is 0 Å². The lowest BCUT2D eigenvalue weighted by Gasteiger charge is -2.12. The molecule has 0 aliphatic heterocycles. The van der Waals surface area contributed by atoms with Gasteiger partial charge >= 0.3 is 6.18 Å². The molecule has 3 nitrogen and oxygen atoms in total. The van der Waals surface area contributed by atoms with Crippen LogP contribution in [0.5, 0.6) is 0 Å². The molecule has 2 N–H and O–H groups in total. The Morgan fingerprint density at radius 3 is 2.30 bits per heavy atom. The van der Waals surface area contributed by atoms with Crippen molar-refractivity contribution in [3.8, 4) is 0 Å². The number of nitrogens with one attached hydrogen (secondary N) is 2. The van der Waals surface area contributed by atoms with Crippen molar-refractivity contribution in [2.24, 2.45) is 4.99 Å². The summed E-state index contributed by atoms with van der Waals surface area (Å²) in [5.41, 5.74) is 0. The van der Waals surface area contributed by atoms with E-state index in [9.17, 15) is 17.6 Å². The molecule has 0 aliphatic carbocycles. The zero-order chi connectivity index (χ0) is 16.4. The standard InChI is InChI=1S/C14H19F4N3S.HI/c1-19-13(21-9-7-14(16,17)18)20-8-2-10-22-12-5-3-11(15)4-6-12;/h3-6H,2,7-10H2,1H3,(H2,19,20,21);1H. The van der Waals surface area contributed by atoms with Crippen LogP contribution >= 0.6 is 35.7 Å². The van der Waals surface area contributed by atoms with Gasteiger partial charge in [0, 0.05) is 25.0 Å². The molecule has 1 aromatic rings. The minimum atomic E-state index is -4.17. The third-order valence-electron chi connectivity index (χ3n) is 2.62. The van der Waals surface area contributed by atoms with E-state index >= 15 is 0 Å². The zero-order valence-electron chi connectivity index (χ0n) is 12.6. The molecule has 0 saturated carbocycles. The summed E-state index contributed by atoms with van der Waals surface area (Å²) < 4.78 is 48.8. The molecular formula is C14H20F4IN3S. The smallest absolute Gasteiger partial charge is 0.356 e. The van der Waals surface area contributed by atoms with Gasteiger partial charge in [0.1, 0.15) is 5.82 Å². The van der Waals surface area contributed by atoms with Crippen molar-refractivity contribution < 1.29 is 17.6 Å². The van der Waals surface area contributed by atoms with Crippen molar-refractivity contribution in [3.05, 3.63) is 30.1 Å². The summed E-state index contributed by atoms with van der Waals surface area (Å²) in [4.78, 5) is 4.83. The second-order valence-electron chi connectivity index (χ2n) is 4.45. The van der Waals surface area contributed by atoms with Gasteiger partial charge in [0.05, 0.1) is 6.42 Å². The first-order valence-electron chi connectivity index (χ1n) is 6.80. The maximum absolute atomic E-state index is 12.7. The lowest BCUT2D eigenvalue weighted by Crippen LogP contribution is -2.39. The first kappa shape index (κ1) is 22.3. The van der Waals surface area contributed by atoms with Crippen molar-refractivity contribution in [2.45, 2.75) is 23.9 Å². The molecule has 0 aromatic heterocycles. The molecule has 0 saturated heterocycles. The molecule has 0 aliphatic rings. The number of hydrogen-bond acceptors (Lipinski definition) is 2. The van der Waals surface area contributed by atoms with Crippen LogP contribution in [0, 0.1) is 5.82 Å². The van der Waals surface area contributed by atoms with E-state index < -0.39 is 12.6 Å². The number of alkyl halides is 3. The third-order valence-corrected chi connectivity index (χ3v) is 3.72. The molecule has 132 valence electrons. The van der Waals surface area contributed by atoms with E-state index in [1.165, 1.54) is 19.2 Å². The van der Waals surface area contributed by atoms with Crippen LogP contribution in [0.15, 0.2) is 34.2 Å². The number of nitrogens with zero attached hydrogens (tertiary/aromatic N) is 1. The predicted molar refractivity (Wildman–Crippen MR) is 97.2 cm³/mol. The Labute approximate surface area is 154 Å². The SMILES string of the molecule is CN=C(NCCCSc1ccc(F)cc1)NCCC(F)(F)F.I. The topological polar surface area (TPSA) is 36.4 Å². The lowest BCUT2D eigenvalue weighted by atomic mass is 10.4. The average Bonchev–Trinajstić information content (AvgIpc) is 2.45. The monoisotopic (exact) mass is 465 g/mol. The van der Waals surface area contributed by atoms with Gasteiger partial charge in [-0.2, -0.15) is 13.2 Å². The van der Waals surface area contributed by atoms with Gasteiger partial charge in [-0.3, -0.25) is 4.99 Å². The van der Waals surface area contributed by atoms with Crippen LogP contribution in [0.4, 0.5) is 17.6 Å². The van der Waals surface area contributed by atoms with Crippen molar-refractivity contribution in [2.75, 3.05) is 25.9 Å². The number of guanidine groups is 1. The summed E-state index contributed by atoms with van der Waals surface area (Å²) in [6.45, 7) is 0.396. The largest absolute Gasteiger partial charge is 0.390 e. The fourth-order valence-electron chi connectivity index (χ4n) is 1.54. The molecule has 0 amide bonds. The van der Waals surface area contributed by atoms with Gasteiger partial charge in [-0.1, -0.05) is 0 Å². The van der Waals surface area contributed by atoms with Crippen LogP contribution in [-0.2, 0) is 0 Å². The van der Waals surface area contributed by atoms with Crippen molar-refractivity contribution in [1.82, 2.24) is 10.6 Å². The van der Waals surface area contributed by atoms with E-state index in [0.29, 0.717) is 12.5 Å². The average molecular weight is 465 g/mol. The molecule has 0 heterocycles. The molecule has 1 aromatic carbocycles. The Hall–Kier alpha value is -0.710. The van der Waals surface area contributed by atoms with Crippen LogP contribution < -0.4 is 10.6 Å². The maximum Gasteiger partial charge on any atom is 0.390 e. The fourth-order valence-corrected chi connectivity index (χ4v) is 2.40. The van der Waals surface area contributed by atoms with Gasteiger partial charge in [-0.05, 0) is 36.4 Å². The fraction of sp³-hybridized carbons (Fsp3) is 0.500. The summed E-state index contributed by atoms with van der Waals surface area (Å²) in [6.07, 6.45) is -4.26. The summed E-state index contributed by atoms with van der Waals surface area (Å²) >= 11 is 1.59. The number of benzene rings is 1. The van der Waals surface area contributed by atoms with Crippen LogP contribution in [0.2, 0.25) is 0 Å². The van der Waals surface area contributed by atoms with Crippen LogP contribution in [0.1, 0.15) is 12.8 Å². The van der Waals surface area contributed by atoms with Crippen LogP contribution in [-0.4, -0.2) is 38.0 Å². The van der Waals surface area contributed by atoms with Crippen molar-refractivity contribution >= 4 is 41.7 Å². The van der Waals surface area contributed by atoms with Gasteiger partial charge in [0.2, 0.25) is 0 Å². The highest BCUT2D eigenvalue weighted by molar-refractivity contribution is 14.0. The van der Waals surface area contributed by atoms with Gasteiger partial charge in [-0.25, -0.2) is 4.39 Å². The molecule has 0 spiro atoms. The molecule has 23 heavy (non-hydrogen) atoms. The first-order chi connectivity index (χ1) is 10.4. The highest BCUT2D eigenvalue weighted by Crippen LogP contribution is 2.19. The zero-order valence-corrected chi connectivity index (χ0v) is 15.8. The molecule has 0 radical (unpaired) electrons. The molecule has 0 bridgehead atoms. The number of thioether (sulfide) groups is 1. The number of halogens is 5. The van der Waals surface area contributed by atoms with E-state index in [4.69, 9.17) is 0 Å². The van der Waals surface area contributed by atoms with Crippen molar-refractivity contribution in [1.29, 1.82) is 0 Å². The summed E-state index contributed by atoms with van der Waals surface area (Å²) in [7, 11) is 1.51. The minimum absolute atomic E-state index is 0. The van der Waals surface area contributed by atoms with Gasteiger partial charge < -0.3 is 10.6 Å². The maximum atomic E-state index is 12.7. The van der Waals surface area contributed by atoms with Gasteiger partial charge in [0.25, 0.3) is 0 Å². The van der Waals surface area contributed by atoms with E-state index in [1.807, 2.05) is 0 Å². The number of rotatable bonds is 7. The van der Waals surface area contributed by atoms with Crippen molar-refractivity contribution in [3.63, 3.8) is 0 Å². The Balaban J connectivity index is 0.00000484. The van der Waals surface area contributed by atoms with E-state index in [-0.39, 0.29) is 36.3 Å². The van der Waals surface area contributed by atoms with Gasteiger partial charge in [-0.15, -0.1) is 35.7 Å². The minimum Gasteiger partial charge on any atom is -0.356 e. The Morgan fingerprint density at radius 2 is 1.74 bits per heavy atom. The highest BCUT2D eigenvalue weighted by Gasteiger charge is 2.26. The molecule has 1 rings (SSSR count). The molecule has 0 fully saturated rings. The quantitative estimate of drug-likeness (QED) is 0.159. The van der Waals surface area contributed by atoms with E-state index in [1.54, 1.807) is 23.9 Å². The summed E-state index contributed by atoms with van der Waals surface area (Å²) in [6, 6.07) is 6.25. The normalized spacial score (nSPS) is 11.8. The number of aliphatic imine (C=N–C) groups is 1. The molecule has 0 unspecified atom stereocenters. The summed E-state index contributed by atoms with van der Waals surface area (Å²) in [5.74, 6) is 0.911. The number of hydrogen-bond donors (Lipinski definition) is 2. The van der Waals surface area contributed by atoms with Crippen LogP contribution in [0.25, 0.3) is 0 Å². The van der Waals surface area contributed by atoms with E-state index in [0.717, 1.165) is 17.1 Å². The highest BCUT2D eigenvalue weighted by atomic mass is 127. The van der Waals surface area contributed by atoms with Gasteiger partial charge in [0.15, 0.2) is 5.96 Å². The molecular weight excluding hydrogens is 445 g/mol. The molecule has 9 heteroatoms. The predicted octanol–water partition coefficient (Wildman–Crippen LogP) is 4.04. The first-order valence-corrected chi connectivity index (χ1v) is 7.79. The Kier molecular flexibility index (Phi) is 11.4. The van der Waals surface area contributed by atoms with E-state index in [2.05, 4.69) is 15.6 Å². The lowest BCUT2D eigenvalue weighted by molar-refractivity contribution is -0.132. The second kappa shape index (κ2) is 11.8. The Bertz CT molecular complexity index is 466. The third kappa shape index (κ3) is 11.5. The Morgan fingerprint density at radius 1 is 1.13 bits per heavy atom.